The van der Waals surface area contributed by atoms with Crippen LogP contribution in [0.25, 0.3) is 0 Å². The Bertz CT molecular complexity index is 104. The van der Waals surface area contributed by atoms with Crippen molar-refractivity contribution < 1.29 is 0 Å². The molecular weight excluding hydrogens is 108 g/mol. The molecule has 0 aromatic rings. The number of hydrogen-bond acceptors (Lipinski definition) is 0. The molecule has 0 spiro atoms. The van der Waals surface area contributed by atoms with Crippen LogP contribution in [0.3, 0.4) is 0 Å². The lowest BCUT2D eigenvalue weighted by Gasteiger charge is -1.92. The van der Waals surface area contributed by atoms with E-state index in [0.717, 1.165) is 12.3 Å². The van der Waals surface area contributed by atoms with E-state index in [1.54, 1.807) is 0 Å². The second-order valence-corrected chi connectivity index (χ2v) is 2.87. The van der Waals surface area contributed by atoms with Crippen molar-refractivity contribution in [1.29, 1.82) is 0 Å². The molecule has 0 saturated heterocycles. The minimum absolute atomic E-state index is 0.868. The van der Waals surface area contributed by atoms with Crippen LogP contribution in [0.4, 0.5) is 0 Å². The van der Waals surface area contributed by atoms with E-state index in [-0.39, 0.29) is 0 Å². The summed E-state index contributed by atoms with van der Waals surface area (Å²) in [5, 5.41) is 0. The van der Waals surface area contributed by atoms with Crippen molar-refractivity contribution in [3.05, 3.63) is 6.42 Å². The lowest BCUT2D eigenvalue weighted by Crippen LogP contribution is -1.76. The highest BCUT2D eigenvalue weighted by Crippen LogP contribution is 2.33. The van der Waals surface area contributed by atoms with E-state index in [9.17, 15) is 0 Å². The minimum Gasteiger partial charge on any atom is -0.0891 e. The van der Waals surface area contributed by atoms with Crippen molar-refractivity contribution in [2.24, 2.45) is 5.92 Å². The van der Waals surface area contributed by atoms with Gasteiger partial charge in [-0.15, -0.1) is 0 Å². The van der Waals surface area contributed by atoms with Crippen molar-refractivity contribution in [3.63, 3.8) is 0 Å². The first-order valence-electron chi connectivity index (χ1n) is 3.83. The molecule has 49 valence electrons. The Kier molecular flexibility index (Phi) is 2.64. The highest BCUT2D eigenvalue weighted by atomic mass is 14.2. The Balaban J connectivity index is 1.77. The molecule has 0 aromatic heterocycles. The normalized spacial score (nSPS) is 17.2. The van der Waals surface area contributed by atoms with Crippen LogP contribution in [0.2, 0.25) is 0 Å². The molecule has 0 aliphatic heterocycles. The number of rotatable bonds is 4. The zero-order valence-electron chi connectivity index (χ0n) is 5.82. The SMILES string of the molecule is [C]#CCCCCC1CC1. The third kappa shape index (κ3) is 3.19. The average molecular weight is 121 g/mol. The van der Waals surface area contributed by atoms with Crippen molar-refractivity contribution >= 4 is 0 Å². The Morgan fingerprint density at radius 3 is 2.67 bits per heavy atom. The Labute approximate surface area is 57.7 Å². The van der Waals surface area contributed by atoms with Crippen LogP contribution in [-0.2, 0) is 0 Å². The maximum absolute atomic E-state index is 6.65. The molecule has 0 bridgehead atoms. The topological polar surface area (TPSA) is 0 Å². The van der Waals surface area contributed by atoms with E-state index in [2.05, 4.69) is 5.92 Å². The van der Waals surface area contributed by atoms with Crippen LogP contribution in [0.15, 0.2) is 0 Å². The highest BCUT2D eigenvalue weighted by Gasteiger charge is 2.19. The van der Waals surface area contributed by atoms with Crippen molar-refractivity contribution in [3.8, 4) is 5.92 Å². The van der Waals surface area contributed by atoms with Gasteiger partial charge in [-0.05, 0) is 18.8 Å². The second-order valence-electron chi connectivity index (χ2n) is 2.87. The number of hydrogen-bond donors (Lipinski definition) is 0. The van der Waals surface area contributed by atoms with Crippen molar-refractivity contribution in [1.82, 2.24) is 0 Å². The van der Waals surface area contributed by atoms with Gasteiger partial charge in [0, 0.05) is 6.42 Å². The quantitative estimate of drug-likeness (QED) is 0.396. The van der Waals surface area contributed by atoms with E-state index in [4.69, 9.17) is 6.42 Å². The predicted octanol–water partition coefficient (Wildman–Crippen LogP) is 2.55. The summed E-state index contributed by atoms with van der Waals surface area (Å²) in [4.78, 5) is 0. The van der Waals surface area contributed by atoms with Crippen molar-refractivity contribution in [2.45, 2.75) is 38.5 Å². The van der Waals surface area contributed by atoms with Gasteiger partial charge in [0.2, 0.25) is 0 Å². The van der Waals surface area contributed by atoms with Gasteiger partial charge < -0.3 is 0 Å². The second kappa shape index (κ2) is 3.56. The first-order valence-corrected chi connectivity index (χ1v) is 3.83. The summed E-state index contributed by atoms with van der Waals surface area (Å²) < 4.78 is 0. The molecule has 0 heteroatoms. The third-order valence-corrected chi connectivity index (χ3v) is 1.86. The first kappa shape index (κ1) is 6.68. The van der Waals surface area contributed by atoms with E-state index >= 15 is 0 Å². The predicted molar refractivity (Wildman–Crippen MR) is 38.3 cm³/mol. The maximum atomic E-state index is 6.65. The zero-order valence-corrected chi connectivity index (χ0v) is 5.82. The lowest BCUT2D eigenvalue weighted by atomic mass is 10.1. The smallest absolute Gasteiger partial charge is 0.00989 e. The summed E-state index contributed by atoms with van der Waals surface area (Å²) in [6.07, 6.45) is 14.4. The van der Waals surface area contributed by atoms with E-state index < -0.39 is 0 Å². The fourth-order valence-corrected chi connectivity index (χ4v) is 1.05. The molecule has 0 heterocycles. The average Bonchev–Trinajstić information content (AvgIpc) is 2.63. The van der Waals surface area contributed by atoms with Gasteiger partial charge in [-0.1, -0.05) is 31.6 Å². The summed E-state index contributed by atoms with van der Waals surface area (Å²) in [6, 6.07) is 0. The molecule has 1 aliphatic rings. The minimum atomic E-state index is 0.868. The van der Waals surface area contributed by atoms with Crippen LogP contribution in [0.5, 0.6) is 0 Å². The molecule has 0 nitrogen and oxygen atoms in total. The standard InChI is InChI=1S/C9H13/c1-2-3-4-5-6-9-7-8-9/h9H,3-8H2. The molecule has 1 fully saturated rings. The Morgan fingerprint density at radius 2 is 2.11 bits per heavy atom. The van der Waals surface area contributed by atoms with Crippen LogP contribution in [-0.4, -0.2) is 0 Å². The largest absolute Gasteiger partial charge is 0.0891 e. The van der Waals surface area contributed by atoms with Gasteiger partial charge in [0.05, 0.1) is 0 Å². The molecule has 0 N–H and O–H groups in total. The number of unbranched alkanes of at least 4 members (excludes halogenated alkanes) is 2. The molecule has 1 saturated carbocycles. The van der Waals surface area contributed by atoms with Crippen LogP contribution in [0.1, 0.15) is 38.5 Å². The fourth-order valence-electron chi connectivity index (χ4n) is 1.05. The van der Waals surface area contributed by atoms with Crippen LogP contribution in [0, 0.1) is 18.3 Å². The van der Waals surface area contributed by atoms with Crippen LogP contribution < -0.4 is 0 Å². The zero-order chi connectivity index (χ0) is 6.53. The van der Waals surface area contributed by atoms with Gasteiger partial charge in [0.15, 0.2) is 0 Å². The van der Waals surface area contributed by atoms with Gasteiger partial charge in [-0.25, -0.2) is 0 Å². The molecule has 0 atom stereocenters. The third-order valence-electron chi connectivity index (χ3n) is 1.86. The Hall–Kier alpha value is -0.440. The van der Waals surface area contributed by atoms with Crippen LogP contribution >= 0.6 is 0 Å². The summed E-state index contributed by atoms with van der Waals surface area (Å²) in [5.41, 5.74) is 0. The summed E-state index contributed by atoms with van der Waals surface area (Å²) in [7, 11) is 0. The molecule has 1 rings (SSSR count). The molecular formula is C9H13. The summed E-state index contributed by atoms with van der Waals surface area (Å²) >= 11 is 0. The van der Waals surface area contributed by atoms with Gasteiger partial charge in [0.25, 0.3) is 0 Å². The molecule has 1 radical (unpaired) electrons. The van der Waals surface area contributed by atoms with E-state index in [1.165, 1.54) is 32.1 Å². The van der Waals surface area contributed by atoms with E-state index in [0.29, 0.717) is 0 Å². The van der Waals surface area contributed by atoms with Crippen molar-refractivity contribution in [2.75, 3.05) is 0 Å². The van der Waals surface area contributed by atoms with E-state index in [1.807, 2.05) is 0 Å². The van der Waals surface area contributed by atoms with Gasteiger partial charge in [-0.2, -0.15) is 0 Å². The monoisotopic (exact) mass is 121 g/mol. The van der Waals surface area contributed by atoms with Gasteiger partial charge in [0.1, 0.15) is 0 Å². The fraction of sp³-hybridized carbons (Fsp3) is 0.778. The van der Waals surface area contributed by atoms with Gasteiger partial charge in [-0.3, -0.25) is 0 Å². The lowest BCUT2D eigenvalue weighted by molar-refractivity contribution is 0.638. The molecule has 0 unspecified atom stereocenters. The first-order chi connectivity index (χ1) is 4.43. The highest BCUT2D eigenvalue weighted by molar-refractivity contribution is 4.77. The summed E-state index contributed by atoms with van der Waals surface area (Å²) in [5.74, 6) is 3.48. The molecule has 0 amide bonds. The Morgan fingerprint density at radius 1 is 1.33 bits per heavy atom. The molecule has 1 aliphatic carbocycles. The van der Waals surface area contributed by atoms with Gasteiger partial charge >= 0.3 is 0 Å². The summed E-state index contributed by atoms with van der Waals surface area (Å²) in [6.45, 7) is 0. The maximum Gasteiger partial charge on any atom is 0.00989 e. The molecule has 0 aromatic carbocycles. The molecule has 9 heavy (non-hydrogen) atoms.